The summed E-state index contributed by atoms with van der Waals surface area (Å²) < 4.78 is 0. The highest BCUT2D eigenvalue weighted by Crippen LogP contribution is 2.29. The average Bonchev–Trinajstić information content (AvgIpc) is 1.85. The van der Waals surface area contributed by atoms with E-state index in [1.807, 2.05) is 0 Å². The molecule has 0 saturated heterocycles. The molecule has 0 aliphatic rings. The molecule has 1 aromatic rings. The first kappa shape index (κ1) is 9.12. The summed E-state index contributed by atoms with van der Waals surface area (Å²) in [5.41, 5.74) is 3.22. The van der Waals surface area contributed by atoms with Crippen LogP contribution >= 0.6 is 37.9 Å². The Labute approximate surface area is 81.8 Å². The van der Waals surface area contributed by atoms with Crippen LogP contribution in [0.3, 0.4) is 0 Å². The molecule has 2 nitrogen and oxygen atoms in total. The summed E-state index contributed by atoms with van der Waals surface area (Å²) >= 11 is 12.5. The minimum absolute atomic E-state index is 0.717. The Morgan fingerprint density at radius 2 is 1.55 bits per heavy atom. The van der Waals surface area contributed by atoms with Gasteiger partial charge in [0.1, 0.15) is 0 Å². The van der Waals surface area contributed by atoms with Gasteiger partial charge in [0, 0.05) is 14.7 Å². The molecular weight excluding hydrogens is 196 g/mol. The molecule has 1 rings (SSSR count). The van der Waals surface area contributed by atoms with Gasteiger partial charge in [-0.15, -0.1) is 37.9 Å². The molecule has 1 aromatic carbocycles. The summed E-state index contributed by atoms with van der Waals surface area (Å²) in [6.45, 7) is 0. The number of nitrogens with two attached hydrogens (primary N) is 1. The zero-order chi connectivity index (χ0) is 8.43. The Balaban J connectivity index is 3.25. The Bertz CT molecular complexity index is 252. The number of anilines is 1. The van der Waals surface area contributed by atoms with Crippen molar-refractivity contribution >= 4 is 43.6 Å². The van der Waals surface area contributed by atoms with Gasteiger partial charge < -0.3 is 5.43 Å². The smallest absolute Gasteiger partial charge is 0.0754 e. The van der Waals surface area contributed by atoms with Crippen molar-refractivity contribution in [3.63, 3.8) is 0 Å². The molecular formula is C6H8N2S3. The van der Waals surface area contributed by atoms with Crippen LogP contribution in [0.1, 0.15) is 0 Å². The highest BCUT2D eigenvalue weighted by molar-refractivity contribution is 7.82. The number of hydrazine groups is 1. The van der Waals surface area contributed by atoms with Gasteiger partial charge in [0.2, 0.25) is 0 Å². The van der Waals surface area contributed by atoms with Gasteiger partial charge in [-0.1, -0.05) is 0 Å². The molecule has 3 N–H and O–H groups in total. The predicted octanol–water partition coefficient (Wildman–Crippen LogP) is 1.84. The van der Waals surface area contributed by atoms with E-state index in [0.717, 1.165) is 20.4 Å². The maximum atomic E-state index is 5.23. The van der Waals surface area contributed by atoms with Crippen LogP contribution < -0.4 is 11.3 Å². The molecule has 0 amide bonds. The number of hydrogen-bond donors (Lipinski definition) is 5. The van der Waals surface area contributed by atoms with E-state index >= 15 is 0 Å². The van der Waals surface area contributed by atoms with Crippen molar-refractivity contribution in [3.05, 3.63) is 12.1 Å². The molecule has 0 heterocycles. The van der Waals surface area contributed by atoms with Crippen LogP contribution in [0.5, 0.6) is 0 Å². The molecule has 0 aromatic heterocycles. The first-order valence-corrected chi connectivity index (χ1v) is 4.21. The monoisotopic (exact) mass is 204 g/mol. The van der Waals surface area contributed by atoms with E-state index in [2.05, 4.69) is 43.3 Å². The van der Waals surface area contributed by atoms with Crippen LogP contribution in [0.15, 0.2) is 26.8 Å². The maximum Gasteiger partial charge on any atom is 0.0754 e. The largest absolute Gasteiger partial charge is 0.322 e. The third-order valence-corrected chi connectivity index (χ3v) is 2.19. The Morgan fingerprint density at radius 3 is 1.91 bits per heavy atom. The van der Waals surface area contributed by atoms with Crippen LogP contribution in [-0.2, 0) is 0 Å². The number of thiol groups is 3. The van der Waals surface area contributed by atoms with Gasteiger partial charge in [-0.05, 0) is 12.1 Å². The van der Waals surface area contributed by atoms with E-state index in [4.69, 9.17) is 5.84 Å². The number of benzene rings is 1. The fourth-order valence-electron chi connectivity index (χ4n) is 0.745. The minimum atomic E-state index is 0.717. The lowest BCUT2D eigenvalue weighted by molar-refractivity contribution is 1.19. The Kier molecular flexibility index (Phi) is 3.00. The molecule has 0 radical (unpaired) electrons. The van der Waals surface area contributed by atoms with E-state index in [1.165, 1.54) is 0 Å². The maximum absolute atomic E-state index is 5.23. The Hall–Kier alpha value is 0.0300. The summed E-state index contributed by atoms with van der Waals surface area (Å²) in [6.07, 6.45) is 0. The van der Waals surface area contributed by atoms with Crippen molar-refractivity contribution in [2.24, 2.45) is 5.84 Å². The zero-order valence-electron chi connectivity index (χ0n) is 5.57. The lowest BCUT2D eigenvalue weighted by atomic mass is 10.3. The van der Waals surface area contributed by atoms with Gasteiger partial charge in [0.05, 0.1) is 5.69 Å². The fraction of sp³-hybridized carbons (Fsp3) is 0. The van der Waals surface area contributed by atoms with E-state index in [0.29, 0.717) is 0 Å². The lowest BCUT2D eigenvalue weighted by Gasteiger charge is -2.07. The first-order chi connectivity index (χ1) is 5.15. The Morgan fingerprint density at radius 1 is 1.09 bits per heavy atom. The second-order valence-electron chi connectivity index (χ2n) is 2.00. The average molecular weight is 204 g/mol. The fourth-order valence-corrected chi connectivity index (χ4v) is 1.94. The number of nitrogen functional groups attached to an aromatic ring is 1. The highest BCUT2D eigenvalue weighted by atomic mass is 32.1. The zero-order valence-corrected chi connectivity index (χ0v) is 8.26. The summed E-state index contributed by atoms with van der Waals surface area (Å²) in [7, 11) is 0. The molecule has 0 unspecified atom stereocenters. The SMILES string of the molecule is NNc1c(S)cc(S)cc1S. The number of rotatable bonds is 1. The van der Waals surface area contributed by atoms with Crippen LogP contribution in [0.25, 0.3) is 0 Å². The van der Waals surface area contributed by atoms with E-state index < -0.39 is 0 Å². The normalized spacial score (nSPS) is 9.82. The van der Waals surface area contributed by atoms with Crippen molar-refractivity contribution in [1.29, 1.82) is 0 Å². The topological polar surface area (TPSA) is 38.0 Å². The third-order valence-electron chi connectivity index (χ3n) is 1.23. The summed E-state index contributed by atoms with van der Waals surface area (Å²) in [6, 6.07) is 3.59. The van der Waals surface area contributed by atoms with Gasteiger partial charge >= 0.3 is 0 Å². The number of hydrogen-bond acceptors (Lipinski definition) is 5. The molecule has 0 bridgehead atoms. The van der Waals surface area contributed by atoms with Crippen LogP contribution in [-0.4, -0.2) is 0 Å². The van der Waals surface area contributed by atoms with Crippen molar-refractivity contribution in [2.75, 3.05) is 5.43 Å². The summed E-state index contributed by atoms with van der Waals surface area (Å²) in [4.78, 5) is 2.30. The van der Waals surface area contributed by atoms with E-state index in [9.17, 15) is 0 Å². The summed E-state index contributed by atoms with van der Waals surface area (Å²) in [5, 5.41) is 0. The quantitative estimate of drug-likeness (QED) is 0.275. The van der Waals surface area contributed by atoms with Gasteiger partial charge in [-0.25, -0.2) is 0 Å². The second kappa shape index (κ2) is 3.62. The lowest BCUT2D eigenvalue weighted by Crippen LogP contribution is -2.08. The third kappa shape index (κ3) is 1.99. The molecule has 0 aliphatic heterocycles. The predicted molar refractivity (Wildman–Crippen MR) is 56.0 cm³/mol. The molecule has 0 saturated carbocycles. The highest BCUT2D eigenvalue weighted by Gasteiger charge is 2.02. The van der Waals surface area contributed by atoms with Gasteiger partial charge in [0.15, 0.2) is 0 Å². The summed E-state index contributed by atoms with van der Waals surface area (Å²) in [5.74, 6) is 5.23. The molecule has 0 fully saturated rings. The van der Waals surface area contributed by atoms with Crippen molar-refractivity contribution in [2.45, 2.75) is 14.7 Å². The van der Waals surface area contributed by atoms with Gasteiger partial charge in [-0.2, -0.15) is 0 Å². The van der Waals surface area contributed by atoms with Crippen LogP contribution in [0.2, 0.25) is 0 Å². The van der Waals surface area contributed by atoms with Crippen LogP contribution in [0, 0.1) is 0 Å². The minimum Gasteiger partial charge on any atom is -0.322 e. The molecule has 0 atom stereocenters. The van der Waals surface area contributed by atoms with Crippen molar-refractivity contribution in [1.82, 2.24) is 0 Å². The molecule has 5 heteroatoms. The van der Waals surface area contributed by atoms with E-state index in [-0.39, 0.29) is 0 Å². The molecule has 60 valence electrons. The number of nitrogens with one attached hydrogen (secondary N) is 1. The first-order valence-electron chi connectivity index (χ1n) is 2.86. The van der Waals surface area contributed by atoms with Crippen molar-refractivity contribution in [3.8, 4) is 0 Å². The van der Waals surface area contributed by atoms with Crippen LogP contribution in [0.4, 0.5) is 5.69 Å². The molecule has 0 spiro atoms. The second-order valence-corrected chi connectivity index (χ2v) is 3.48. The van der Waals surface area contributed by atoms with E-state index in [1.54, 1.807) is 12.1 Å². The molecule has 0 aliphatic carbocycles. The standard InChI is InChI=1S/C6H8N2S3/c7-8-6-4(10)1-3(9)2-5(6)11/h1-2,8-11H,7H2. The van der Waals surface area contributed by atoms with Gasteiger partial charge in [-0.3, -0.25) is 5.84 Å². The molecule has 11 heavy (non-hydrogen) atoms. The van der Waals surface area contributed by atoms with Crippen molar-refractivity contribution < 1.29 is 0 Å². The van der Waals surface area contributed by atoms with Gasteiger partial charge in [0.25, 0.3) is 0 Å².